The Morgan fingerprint density at radius 2 is 2.47 bits per heavy atom. The van der Waals surface area contributed by atoms with Gasteiger partial charge < -0.3 is 19.5 Å². The van der Waals surface area contributed by atoms with Gasteiger partial charge in [-0.1, -0.05) is 11.3 Å². The molecule has 0 radical (unpaired) electrons. The quantitative estimate of drug-likeness (QED) is 0.906. The fourth-order valence-corrected chi connectivity index (χ4v) is 2.99. The van der Waals surface area contributed by atoms with Crippen molar-refractivity contribution in [2.24, 2.45) is 0 Å². The van der Waals surface area contributed by atoms with Gasteiger partial charge in [-0.25, -0.2) is 9.78 Å². The van der Waals surface area contributed by atoms with E-state index in [1.807, 2.05) is 6.92 Å². The smallest absolute Gasteiger partial charge is 0.347 e. The predicted molar refractivity (Wildman–Crippen MR) is 72.0 cm³/mol. The zero-order valence-electron chi connectivity index (χ0n) is 11.1. The maximum atomic E-state index is 11.2. The molecule has 1 unspecified atom stereocenters. The van der Waals surface area contributed by atoms with E-state index in [-0.39, 0.29) is 17.6 Å². The number of hydrogen-bond acceptors (Lipinski definition) is 6. The molecule has 2 rings (SSSR count). The largest absolute Gasteiger partial charge is 0.477 e. The average molecular weight is 286 g/mol. The van der Waals surface area contributed by atoms with Crippen molar-refractivity contribution in [3.63, 3.8) is 0 Å². The number of hydrogen-bond donors (Lipinski definition) is 1. The van der Waals surface area contributed by atoms with E-state index in [0.29, 0.717) is 5.69 Å². The van der Waals surface area contributed by atoms with E-state index in [1.165, 1.54) is 18.4 Å². The second-order valence-electron chi connectivity index (χ2n) is 4.49. The first-order valence-corrected chi connectivity index (χ1v) is 7.02. The summed E-state index contributed by atoms with van der Waals surface area (Å²) in [6.45, 7) is 4.54. The lowest BCUT2D eigenvalue weighted by Gasteiger charge is -2.20. The molecule has 106 valence electrons. The van der Waals surface area contributed by atoms with Gasteiger partial charge in [0.2, 0.25) is 0 Å². The molecule has 1 N–H and O–H groups in total. The molecule has 2 heterocycles. The summed E-state index contributed by atoms with van der Waals surface area (Å²) >= 11 is 1.21. The standard InChI is InChI=1S/C12H18N2O4S/c1-8-6-14(4-3-5-18-8)12-13-9(7-17-2)10(19-12)11(15)16/h8H,3-7H2,1-2H3,(H,15,16). The average Bonchev–Trinajstić information content (AvgIpc) is 2.66. The molecule has 1 saturated heterocycles. The van der Waals surface area contributed by atoms with Gasteiger partial charge in [-0.15, -0.1) is 0 Å². The molecule has 0 spiro atoms. The Bertz CT molecular complexity index is 449. The Morgan fingerprint density at radius 1 is 1.68 bits per heavy atom. The van der Waals surface area contributed by atoms with E-state index in [9.17, 15) is 9.90 Å². The minimum Gasteiger partial charge on any atom is -0.477 e. The molecule has 1 aromatic heterocycles. The van der Waals surface area contributed by atoms with Crippen LogP contribution in [-0.2, 0) is 16.1 Å². The molecule has 6 nitrogen and oxygen atoms in total. The van der Waals surface area contributed by atoms with Crippen molar-refractivity contribution < 1.29 is 19.4 Å². The zero-order chi connectivity index (χ0) is 13.8. The number of methoxy groups -OCH3 is 1. The third kappa shape index (κ3) is 3.43. The first-order chi connectivity index (χ1) is 9.11. The van der Waals surface area contributed by atoms with Gasteiger partial charge in [-0.3, -0.25) is 0 Å². The lowest BCUT2D eigenvalue weighted by Crippen LogP contribution is -2.29. The first kappa shape index (κ1) is 14.2. The SMILES string of the molecule is COCc1nc(N2CCCOC(C)C2)sc1C(=O)O. The molecule has 1 aromatic rings. The molecule has 0 aromatic carbocycles. The van der Waals surface area contributed by atoms with Crippen LogP contribution in [0.1, 0.15) is 28.7 Å². The number of rotatable bonds is 4. The summed E-state index contributed by atoms with van der Waals surface area (Å²) in [7, 11) is 1.53. The van der Waals surface area contributed by atoms with E-state index in [4.69, 9.17) is 9.47 Å². The molecular weight excluding hydrogens is 268 g/mol. The molecule has 1 aliphatic rings. The predicted octanol–water partition coefficient (Wildman–Crippen LogP) is 1.60. The van der Waals surface area contributed by atoms with Crippen molar-refractivity contribution in [2.75, 3.05) is 31.7 Å². The van der Waals surface area contributed by atoms with Crippen LogP contribution in [0.15, 0.2) is 0 Å². The van der Waals surface area contributed by atoms with Crippen molar-refractivity contribution in [1.82, 2.24) is 4.98 Å². The fraction of sp³-hybridized carbons (Fsp3) is 0.667. The molecule has 0 bridgehead atoms. The van der Waals surface area contributed by atoms with Gasteiger partial charge in [0.25, 0.3) is 0 Å². The van der Waals surface area contributed by atoms with Crippen molar-refractivity contribution in [2.45, 2.75) is 26.1 Å². The summed E-state index contributed by atoms with van der Waals surface area (Å²) in [5.41, 5.74) is 0.493. The number of carboxylic acids is 1. The topological polar surface area (TPSA) is 71.9 Å². The monoisotopic (exact) mass is 286 g/mol. The Hall–Kier alpha value is -1.18. The molecule has 19 heavy (non-hydrogen) atoms. The maximum absolute atomic E-state index is 11.2. The van der Waals surface area contributed by atoms with E-state index in [0.717, 1.165) is 31.2 Å². The van der Waals surface area contributed by atoms with Gasteiger partial charge in [-0.05, 0) is 13.3 Å². The summed E-state index contributed by atoms with van der Waals surface area (Å²) in [6, 6.07) is 0. The lowest BCUT2D eigenvalue weighted by atomic mass is 10.3. The summed E-state index contributed by atoms with van der Waals surface area (Å²) < 4.78 is 10.6. The normalized spacial score (nSPS) is 20.3. The van der Waals surface area contributed by atoms with Gasteiger partial charge in [0.05, 0.1) is 18.4 Å². The summed E-state index contributed by atoms with van der Waals surface area (Å²) in [4.78, 5) is 18.0. The third-order valence-corrected chi connectivity index (χ3v) is 4.03. The van der Waals surface area contributed by atoms with E-state index < -0.39 is 5.97 Å². The van der Waals surface area contributed by atoms with Crippen molar-refractivity contribution >= 4 is 22.4 Å². The molecule has 1 fully saturated rings. The molecule has 7 heteroatoms. The Labute approximate surface area is 116 Å². The van der Waals surface area contributed by atoms with Gasteiger partial charge in [-0.2, -0.15) is 0 Å². The highest BCUT2D eigenvalue weighted by molar-refractivity contribution is 7.17. The van der Waals surface area contributed by atoms with Crippen LogP contribution in [0.2, 0.25) is 0 Å². The number of aromatic carboxylic acids is 1. The van der Waals surface area contributed by atoms with Crippen LogP contribution in [0, 0.1) is 0 Å². The highest BCUT2D eigenvalue weighted by Gasteiger charge is 2.23. The molecule has 0 amide bonds. The van der Waals surface area contributed by atoms with Gasteiger partial charge in [0, 0.05) is 26.8 Å². The van der Waals surface area contributed by atoms with E-state index >= 15 is 0 Å². The minimum atomic E-state index is -0.949. The second-order valence-corrected chi connectivity index (χ2v) is 5.47. The summed E-state index contributed by atoms with van der Waals surface area (Å²) in [5.74, 6) is -0.949. The lowest BCUT2D eigenvalue weighted by molar-refractivity contribution is 0.0696. The number of thiazole rings is 1. The fourth-order valence-electron chi connectivity index (χ4n) is 2.04. The molecule has 1 aliphatic heterocycles. The van der Waals surface area contributed by atoms with Gasteiger partial charge >= 0.3 is 5.97 Å². The Balaban J connectivity index is 2.23. The van der Waals surface area contributed by atoms with Crippen LogP contribution in [0.3, 0.4) is 0 Å². The summed E-state index contributed by atoms with van der Waals surface area (Å²) in [6.07, 6.45) is 1.05. The highest BCUT2D eigenvalue weighted by Crippen LogP contribution is 2.28. The Morgan fingerprint density at radius 3 is 3.16 bits per heavy atom. The van der Waals surface area contributed by atoms with Gasteiger partial charge in [0.1, 0.15) is 4.88 Å². The molecule has 0 saturated carbocycles. The summed E-state index contributed by atoms with van der Waals surface area (Å²) in [5, 5.41) is 9.92. The number of carbonyl (C=O) groups is 1. The number of carboxylic acid groups (broad SMARTS) is 1. The van der Waals surface area contributed by atoms with Crippen molar-refractivity contribution in [1.29, 1.82) is 0 Å². The van der Waals surface area contributed by atoms with Crippen LogP contribution >= 0.6 is 11.3 Å². The zero-order valence-corrected chi connectivity index (χ0v) is 11.9. The van der Waals surface area contributed by atoms with E-state index in [1.54, 1.807) is 0 Å². The Kier molecular flexibility index (Phi) is 4.73. The van der Waals surface area contributed by atoms with Crippen LogP contribution in [-0.4, -0.2) is 49.0 Å². The number of aromatic nitrogens is 1. The van der Waals surface area contributed by atoms with Crippen molar-refractivity contribution in [3.8, 4) is 0 Å². The van der Waals surface area contributed by atoms with E-state index in [2.05, 4.69) is 9.88 Å². The number of anilines is 1. The van der Waals surface area contributed by atoms with Crippen LogP contribution in [0.25, 0.3) is 0 Å². The van der Waals surface area contributed by atoms with Crippen molar-refractivity contribution in [3.05, 3.63) is 10.6 Å². The second kappa shape index (κ2) is 6.31. The third-order valence-electron chi connectivity index (χ3n) is 2.88. The molecule has 0 aliphatic carbocycles. The first-order valence-electron chi connectivity index (χ1n) is 6.20. The van der Waals surface area contributed by atoms with Crippen LogP contribution in [0.4, 0.5) is 5.13 Å². The number of ether oxygens (including phenoxy) is 2. The molecule has 1 atom stereocenters. The highest BCUT2D eigenvalue weighted by atomic mass is 32.1. The number of nitrogens with zero attached hydrogens (tertiary/aromatic N) is 2. The van der Waals surface area contributed by atoms with Crippen LogP contribution in [0.5, 0.6) is 0 Å². The minimum absolute atomic E-state index is 0.130. The molecular formula is C12H18N2O4S. The van der Waals surface area contributed by atoms with Gasteiger partial charge in [0.15, 0.2) is 5.13 Å². The maximum Gasteiger partial charge on any atom is 0.347 e. The van der Waals surface area contributed by atoms with Crippen LogP contribution < -0.4 is 4.90 Å².